The molecule has 3 aromatic rings. The highest BCUT2D eigenvalue weighted by Gasteiger charge is 2.21. The van der Waals surface area contributed by atoms with Crippen molar-refractivity contribution in [3.8, 4) is 5.69 Å². The molecule has 120 valence electrons. The molecule has 2 aromatic carbocycles. The number of amides is 1. The van der Waals surface area contributed by atoms with Gasteiger partial charge in [0.05, 0.1) is 16.3 Å². The molecule has 3 rings (SSSR count). The van der Waals surface area contributed by atoms with Crippen molar-refractivity contribution in [3.63, 3.8) is 0 Å². The fourth-order valence-corrected chi connectivity index (χ4v) is 2.39. The summed E-state index contributed by atoms with van der Waals surface area (Å²) in [6.45, 7) is 0. The maximum absolute atomic E-state index is 12.5. The molecule has 0 fully saturated rings. The Balaban J connectivity index is 1.96. The van der Waals surface area contributed by atoms with E-state index in [-0.39, 0.29) is 16.3 Å². The van der Waals surface area contributed by atoms with Crippen LogP contribution < -0.4 is 5.32 Å². The average molecular weight is 343 g/mol. The highest BCUT2D eigenvalue weighted by molar-refractivity contribution is 6.31. The van der Waals surface area contributed by atoms with Crippen molar-refractivity contribution in [2.45, 2.75) is 0 Å². The summed E-state index contributed by atoms with van der Waals surface area (Å²) in [5.74, 6) is -0.599. The zero-order valence-corrected chi connectivity index (χ0v) is 13.0. The van der Waals surface area contributed by atoms with Crippen LogP contribution in [0, 0.1) is 10.1 Å². The Kier molecular flexibility index (Phi) is 4.26. The maximum Gasteiger partial charge on any atom is 0.283 e. The van der Waals surface area contributed by atoms with Crippen molar-refractivity contribution >= 4 is 28.9 Å². The number of hydrogen-bond acceptors (Lipinski definition) is 4. The molecule has 0 saturated carbocycles. The maximum atomic E-state index is 12.5. The molecule has 1 N–H and O–H groups in total. The van der Waals surface area contributed by atoms with Gasteiger partial charge in [0, 0.05) is 23.5 Å². The lowest BCUT2D eigenvalue weighted by Crippen LogP contribution is -2.15. The zero-order valence-electron chi connectivity index (χ0n) is 12.2. The standard InChI is InChI=1S/C16H11ClN4O3/c17-11-6-7-12(15(10-11)21(23)24)16(22)19-13-4-1-2-5-14(13)20-9-3-8-18-20/h1-10H,(H,19,22). The van der Waals surface area contributed by atoms with Crippen LogP contribution in [0.1, 0.15) is 10.4 Å². The van der Waals surface area contributed by atoms with Crippen LogP contribution in [0.25, 0.3) is 5.69 Å². The second-order valence-electron chi connectivity index (χ2n) is 4.84. The van der Waals surface area contributed by atoms with Gasteiger partial charge in [0.15, 0.2) is 0 Å². The minimum atomic E-state index is -0.639. The SMILES string of the molecule is O=C(Nc1ccccc1-n1cccn1)c1ccc(Cl)cc1[N+](=O)[O-]. The molecule has 1 aromatic heterocycles. The van der Waals surface area contributed by atoms with E-state index in [9.17, 15) is 14.9 Å². The number of nitrogens with zero attached hydrogens (tertiary/aromatic N) is 3. The van der Waals surface area contributed by atoms with Gasteiger partial charge >= 0.3 is 0 Å². The highest BCUT2D eigenvalue weighted by atomic mass is 35.5. The average Bonchev–Trinajstić information content (AvgIpc) is 3.09. The smallest absolute Gasteiger partial charge is 0.283 e. The first-order chi connectivity index (χ1) is 11.6. The van der Waals surface area contributed by atoms with E-state index in [1.807, 2.05) is 0 Å². The highest BCUT2D eigenvalue weighted by Crippen LogP contribution is 2.25. The fraction of sp³-hybridized carbons (Fsp3) is 0. The molecule has 0 radical (unpaired) electrons. The van der Waals surface area contributed by atoms with E-state index in [4.69, 9.17) is 11.6 Å². The van der Waals surface area contributed by atoms with E-state index in [1.165, 1.54) is 12.1 Å². The van der Waals surface area contributed by atoms with Gasteiger partial charge in [0.1, 0.15) is 5.56 Å². The predicted molar refractivity (Wildman–Crippen MR) is 89.6 cm³/mol. The first-order valence-corrected chi connectivity index (χ1v) is 7.28. The van der Waals surface area contributed by atoms with E-state index in [0.717, 1.165) is 6.07 Å². The third-order valence-corrected chi connectivity index (χ3v) is 3.54. The Morgan fingerprint density at radius 2 is 2.00 bits per heavy atom. The third kappa shape index (κ3) is 3.11. The van der Waals surface area contributed by atoms with Crippen molar-refractivity contribution in [1.29, 1.82) is 0 Å². The Morgan fingerprint density at radius 3 is 2.71 bits per heavy atom. The van der Waals surface area contributed by atoms with Crippen LogP contribution >= 0.6 is 11.6 Å². The Labute approximate surface area is 141 Å². The lowest BCUT2D eigenvalue weighted by Gasteiger charge is -2.11. The van der Waals surface area contributed by atoms with Crippen molar-refractivity contribution in [3.05, 3.63) is 81.6 Å². The van der Waals surface area contributed by atoms with Gasteiger partial charge in [-0.2, -0.15) is 5.10 Å². The number of benzene rings is 2. The lowest BCUT2D eigenvalue weighted by molar-refractivity contribution is -0.385. The van der Waals surface area contributed by atoms with Crippen molar-refractivity contribution in [2.24, 2.45) is 0 Å². The minimum Gasteiger partial charge on any atom is -0.320 e. The quantitative estimate of drug-likeness (QED) is 0.578. The van der Waals surface area contributed by atoms with Gasteiger partial charge in [-0.1, -0.05) is 23.7 Å². The first kappa shape index (κ1) is 15.7. The van der Waals surface area contributed by atoms with Crippen molar-refractivity contribution in [2.75, 3.05) is 5.32 Å². The van der Waals surface area contributed by atoms with Crippen molar-refractivity contribution in [1.82, 2.24) is 9.78 Å². The Bertz CT molecular complexity index is 909. The van der Waals surface area contributed by atoms with E-state index in [0.29, 0.717) is 11.4 Å². The van der Waals surface area contributed by atoms with Crippen LogP contribution in [0.15, 0.2) is 60.9 Å². The number of anilines is 1. The first-order valence-electron chi connectivity index (χ1n) is 6.90. The molecule has 0 aliphatic carbocycles. The molecular weight excluding hydrogens is 332 g/mol. The molecule has 0 aliphatic heterocycles. The number of carbonyl (C=O) groups excluding carboxylic acids is 1. The molecule has 0 bridgehead atoms. The van der Waals surface area contributed by atoms with Crippen LogP contribution in [0.5, 0.6) is 0 Å². The van der Waals surface area contributed by atoms with Crippen molar-refractivity contribution < 1.29 is 9.72 Å². The topological polar surface area (TPSA) is 90.1 Å². The molecular formula is C16H11ClN4O3. The van der Waals surface area contributed by atoms with Crippen LogP contribution in [0.3, 0.4) is 0 Å². The number of carbonyl (C=O) groups is 1. The Hall–Kier alpha value is -3.19. The molecule has 7 nitrogen and oxygen atoms in total. The van der Waals surface area contributed by atoms with Gasteiger partial charge in [0.2, 0.25) is 0 Å². The predicted octanol–water partition coefficient (Wildman–Crippen LogP) is 3.69. The van der Waals surface area contributed by atoms with Gasteiger partial charge in [-0.25, -0.2) is 4.68 Å². The molecule has 1 heterocycles. The summed E-state index contributed by atoms with van der Waals surface area (Å²) in [5.41, 5.74) is 0.708. The number of halogens is 1. The molecule has 8 heteroatoms. The molecule has 0 atom stereocenters. The largest absolute Gasteiger partial charge is 0.320 e. The molecule has 1 amide bonds. The number of nitro benzene ring substituents is 1. The minimum absolute atomic E-state index is 0.0698. The van der Waals surface area contributed by atoms with Crippen LogP contribution in [0.2, 0.25) is 5.02 Å². The third-order valence-electron chi connectivity index (χ3n) is 3.30. The summed E-state index contributed by atoms with van der Waals surface area (Å²) in [7, 11) is 0. The summed E-state index contributed by atoms with van der Waals surface area (Å²) >= 11 is 5.77. The summed E-state index contributed by atoms with van der Waals surface area (Å²) < 4.78 is 1.59. The van der Waals surface area contributed by atoms with E-state index in [1.54, 1.807) is 47.4 Å². The van der Waals surface area contributed by atoms with E-state index >= 15 is 0 Å². The van der Waals surface area contributed by atoms with Gasteiger partial charge in [-0.3, -0.25) is 14.9 Å². The number of para-hydroxylation sites is 2. The Morgan fingerprint density at radius 1 is 1.21 bits per heavy atom. The monoisotopic (exact) mass is 342 g/mol. The number of nitrogens with one attached hydrogen (secondary N) is 1. The van der Waals surface area contributed by atoms with E-state index < -0.39 is 10.8 Å². The lowest BCUT2D eigenvalue weighted by atomic mass is 10.1. The van der Waals surface area contributed by atoms with Gasteiger partial charge in [-0.15, -0.1) is 0 Å². The summed E-state index contributed by atoms with van der Waals surface area (Å²) in [4.78, 5) is 23.0. The molecule has 0 spiro atoms. The summed E-state index contributed by atoms with van der Waals surface area (Å²) in [5, 5.41) is 18.1. The number of nitro groups is 1. The number of aromatic nitrogens is 2. The summed E-state index contributed by atoms with van der Waals surface area (Å²) in [6, 6.07) is 12.7. The van der Waals surface area contributed by atoms with E-state index in [2.05, 4.69) is 10.4 Å². The van der Waals surface area contributed by atoms with Gasteiger partial charge < -0.3 is 5.32 Å². The zero-order chi connectivity index (χ0) is 17.1. The summed E-state index contributed by atoms with van der Waals surface area (Å²) in [6.07, 6.45) is 3.35. The second kappa shape index (κ2) is 6.51. The molecule has 0 saturated heterocycles. The second-order valence-corrected chi connectivity index (χ2v) is 5.28. The van der Waals surface area contributed by atoms with Crippen LogP contribution in [-0.4, -0.2) is 20.6 Å². The van der Waals surface area contributed by atoms with Gasteiger partial charge in [-0.05, 0) is 30.3 Å². The normalized spacial score (nSPS) is 10.4. The molecule has 0 aliphatic rings. The van der Waals surface area contributed by atoms with Gasteiger partial charge in [0.25, 0.3) is 11.6 Å². The van der Waals surface area contributed by atoms with Crippen LogP contribution in [-0.2, 0) is 0 Å². The molecule has 0 unspecified atom stereocenters. The molecule has 24 heavy (non-hydrogen) atoms. The van der Waals surface area contributed by atoms with Crippen LogP contribution in [0.4, 0.5) is 11.4 Å². The number of hydrogen-bond donors (Lipinski definition) is 1. The number of rotatable bonds is 4. The fourth-order valence-electron chi connectivity index (χ4n) is 2.23.